The van der Waals surface area contributed by atoms with Crippen LogP contribution in [0.4, 0.5) is 14.5 Å². The van der Waals surface area contributed by atoms with Crippen LogP contribution in [0.2, 0.25) is 0 Å². The van der Waals surface area contributed by atoms with Crippen LogP contribution in [0.25, 0.3) is 10.4 Å². The highest BCUT2D eigenvalue weighted by Crippen LogP contribution is 2.27. The van der Waals surface area contributed by atoms with Crippen molar-refractivity contribution >= 4 is 22.9 Å². The quantitative estimate of drug-likeness (QED) is 0.745. The van der Waals surface area contributed by atoms with Crippen LogP contribution in [0.1, 0.15) is 15.4 Å². The number of carbonyl (C=O) groups excluding carboxylic acids is 1. The van der Waals surface area contributed by atoms with E-state index in [1.165, 1.54) is 6.07 Å². The van der Waals surface area contributed by atoms with E-state index in [2.05, 4.69) is 17.2 Å². The third kappa shape index (κ3) is 3.33. The molecular weight excluding hydrogens is 330 g/mol. The molecule has 0 spiro atoms. The van der Waals surface area contributed by atoms with Crippen molar-refractivity contribution in [3.05, 3.63) is 77.8 Å². The maximum absolute atomic E-state index is 13.6. The Bertz CT molecular complexity index is 855. The van der Waals surface area contributed by atoms with Gasteiger partial charge in [-0.3, -0.25) is 4.79 Å². The molecule has 0 aliphatic heterocycles. The Hall–Kier alpha value is -2.60. The highest BCUT2D eigenvalue weighted by Gasteiger charge is 2.17. The zero-order chi connectivity index (χ0) is 17.1. The molecule has 0 saturated carbocycles. The highest BCUT2D eigenvalue weighted by molar-refractivity contribution is 7.15. The van der Waals surface area contributed by atoms with Gasteiger partial charge in [-0.05, 0) is 43.2 Å². The number of benzene rings is 2. The second-order valence-corrected chi connectivity index (χ2v) is 6.11. The van der Waals surface area contributed by atoms with Crippen LogP contribution in [0.15, 0.2) is 48.7 Å². The summed E-state index contributed by atoms with van der Waals surface area (Å²) in [4.78, 5) is 17.3. The van der Waals surface area contributed by atoms with Gasteiger partial charge < -0.3 is 5.32 Å². The highest BCUT2D eigenvalue weighted by atomic mass is 32.1. The molecule has 1 radical (unpaired) electrons. The molecule has 3 aromatic rings. The van der Waals surface area contributed by atoms with E-state index in [1.54, 1.807) is 29.7 Å². The number of hydrogen-bond donors (Lipinski definition) is 1. The Morgan fingerprint density at radius 3 is 2.38 bits per heavy atom. The van der Waals surface area contributed by atoms with E-state index in [1.807, 2.05) is 12.1 Å². The lowest BCUT2D eigenvalue weighted by molar-refractivity contribution is 0.101. The molecule has 0 bridgehead atoms. The number of thiazole rings is 1. The van der Waals surface area contributed by atoms with Gasteiger partial charge >= 0.3 is 0 Å². The molecule has 0 aliphatic carbocycles. The molecule has 0 unspecified atom stereocenters. The number of rotatable bonds is 4. The van der Waals surface area contributed by atoms with E-state index < -0.39 is 23.1 Å². The van der Waals surface area contributed by atoms with E-state index in [-0.39, 0.29) is 0 Å². The van der Waals surface area contributed by atoms with E-state index in [9.17, 15) is 13.6 Å². The first-order valence-electron chi connectivity index (χ1n) is 7.18. The largest absolute Gasteiger partial charge is 0.322 e. The van der Waals surface area contributed by atoms with Crippen LogP contribution in [-0.2, 0) is 6.42 Å². The third-order valence-corrected chi connectivity index (χ3v) is 4.49. The number of aromatic nitrogens is 1. The number of nitrogens with one attached hydrogen (secondary N) is 1. The van der Waals surface area contributed by atoms with E-state index in [0.717, 1.165) is 27.6 Å². The fourth-order valence-electron chi connectivity index (χ4n) is 2.19. The molecule has 0 saturated heterocycles. The van der Waals surface area contributed by atoms with Crippen molar-refractivity contribution in [3.63, 3.8) is 0 Å². The lowest BCUT2D eigenvalue weighted by Gasteiger charge is -2.07. The summed E-state index contributed by atoms with van der Waals surface area (Å²) in [7, 11) is 0. The van der Waals surface area contributed by atoms with Crippen molar-refractivity contribution in [1.82, 2.24) is 4.98 Å². The SMILES string of the molecule is [CH2]Cc1ncc(-c2ccc(NC(=O)c3c(F)cccc3F)cc2)s1. The predicted molar refractivity (Wildman–Crippen MR) is 90.9 cm³/mol. The van der Waals surface area contributed by atoms with Gasteiger partial charge in [-0.15, -0.1) is 11.3 Å². The first-order valence-corrected chi connectivity index (χ1v) is 8.00. The van der Waals surface area contributed by atoms with Crippen LogP contribution >= 0.6 is 11.3 Å². The average molecular weight is 343 g/mol. The normalized spacial score (nSPS) is 10.6. The van der Waals surface area contributed by atoms with Gasteiger partial charge in [0.15, 0.2) is 0 Å². The summed E-state index contributed by atoms with van der Waals surface area (Å²) in [6.07, 6.45) is 2.40. The summed E-state index contributed by atoms with van der Waals surface area (Å²) in [5, 5.41) is 3.44. The number of hydrogen-bond acceptors (Lipinski definition) is 3. The second-order valence-electron chi connectivity index (χ2n) is 5.00. The Morgan fingerprint density at radius 1 is 1.12 bits per heavy atom. The van der Waals surface area contributed by atoms with Crippen molar-refractivity contribution < 1.29 is 13.6 Å². The Balaban J connectivity index is 1.78. The first-order chi connectivity index (χ1) is 11.6. The minimum atomic E-state index is -0.894. The molecule has 0 aliphatic rings. The van der Waals surface area contributed by atoms with Gasteiger partial charge in [-0.2, -0.15) is 0 Å². The van der Waals surface area contributed by atoms with Crippen molar-refractivity contribution in [2.24, 2.45) is 0 Å². The monoisotopic (exact) mass is 343 g/mol. The molecule has 1 aromatic heterocycles. The van der Waals surface area contributed by atoms with Gasteiger partial charge in [-0.1, -0.05) is 18.2 Å². The lowest BCUT2D eigenvalue weighted by Crippen LogP contribution is -2.15. The molecule has 24 heavy (non-hydrogen) atoms. The van der Waals surface area contributed by atoms with E-state index in [4.69, 9.17) is 0 Å². The summed E-state index contributed by atoms with van der Waals surface area (Å²) < 4.78 is 27.2. The molecular formula is C18H13F2N2OS. The number of amides is 1. The second kappa shape index (κ2) is 6.88. The number of nitrogens with zero attached hydrogens (tertiary/aromatic N) is 1. The molecule has 0 fully saturated rings. The molecule has 3 nitrogen and oxygen atoms in total. The lowest BCUT2D eigenvalue weighted by atomic mass is 10.1. The average Bonchev–Trinajstić information content (AvgIpc) is 3.04. The Labute approximate surface area is 142 Å². The standard InChI is InChI=1S/C18H13F2N2OS/c1-2-16-21-10-15(24-16)11-6-8-12(9-7-11)22-18(23)17-13(19)4-3-5-14(17)20/h3-10H,1-2H2,(H,22,23). The summed E-state index contributed by atoms with van der Waals surface area (Å²) in [6, 6.07) is 10.3. The van der Waals surface area contributed by atoms with Gasteiger partial charge in [0, 0.05) is 11.9 Å². The molecule has 1 amide bonds. The van der Waals surface area contributed by atoms with Crippen molar-refractivity contribution in [1.29, 1.82) is 0 Å². The topological polar surface area (TPSA) is 42.0 Å². The van der Waals surface area contributed by atoms with Gasteiger partial charge in [0.2, 0.25) is 0 Å². The van der Waals surface area contributed by atoms with Gasteiger partial charge in [-0.25, -0.2) is 13.8 Å². The van der Waals surface area contributed by atoms with E-state index in [0.29, 0.717) is 12.1 Å². The summed E-state index contributed by atoms with van der Waals surface area (Å²) in [5.41, 5.74) is 0.805. The van der Waals surface area contributed by atoms with Crippen LogP contribution in [0.3, 0.4) is 0 Å². The first kappa shape index (κ1) is 16.3. The van der Waals surface area contributed by atoms with Crippen molar-refractivity contribution in [2.45, 2.75) is 6.42 Å². The van der Waals surface area contributed by atoms with Crippen molar-refractivity contribution in [3.8, 4) is 10.4 Å². The number of halogens is 2. The zero-order valence-electron chi connectivity index (χ0n) is 12.6. The fourth-order valence-corrected chi connectivity index (χ4v) is 3.01. The molecule has 6 heteroatoms. The van der Waals surface area contributed by atoms with Gasteiger partial charge in [0.25, 0.3) is 5.91 Å². The maximum Gasteiger partial charge on any atom is 0.261 e. The number of anilines is 1. The number of carbonyl (C=O) groups is 1. The van der Waals surface area contributed by atoms with Gasteiger partial charge in [0.05, 0.1) is 9.88 Å². The van der Waals surface area contributed by atoms with Gasteiger partial charge in [0.1, 0.15) is 17.2 Å². The van der Waals surface area contributed by atoms with Crippen LogP contribution in [-0.4, -0.2) is 10.9 Å². The molecule has 2 aromatic carbocycles. The zero-order valence-corrected chi connectivity index (χ0v) is 13.4. The smallest absolute Gasteiger partial charge is 0.261 e. The molecule has 0 atom stereocenters. The Morgan fingerprint density at radius 2 is 1.79 bits per heavy atom. The summed E-state index contributed by atoms with van der Waals surface area (Å²) >= 11 is 1.55. The Kier molecular flexibility index (Phi) is 4.66. The van der Waals surface area contributed by atoms with Crippen molar-refractivity contribution in [2.75, 3.05) is 5.32 Å². The molecule has 1 heterocycles. The summed E-state index contributed by atoms with van der Waals surface area (Å²) in [6.45, 7) is 3.79. The predicted octanol–water partition coefficient (Wildman–Crippen LogP) is 4.72. The molecule has 121 valence electrons. The minimum Gasteiger partial charge on any atom is -0.322 e. The van der Waals surface area contributed by atoms with Crippen LogP contribution in [0, 0.1) is 18.6 Å². The molecule has 3 rings (SSSR count). The fraction of sp³-hybridized carbons (Fsp3) is 0.0556. The third-order valence-electron chi connectivity index (χ3n) is 3.38. The minimum absolute atomic E-state index is 0.452. The van der Waals surface area contributed by atoms with E-state index >= 15 is 0 Å². The van der Waals surface area contributed by atoms with Crippen LogP contribution in [0.5, 0.6) is 0 Å². The maximum atomic E-state index is 13.6. The van der Waals surface area contributed by atoms with Crippen LogP contribution < -0.4 is 5.32 Å². The molecule has 1 N–H and O–H groups in total. The summed E-state index contributed by atoms with van der Waals surface area (Å²) in [5.74, 6) is -2.61.